The Balaban J connectivity index is 3.95. The molecule has 0 heterocycles. The molecule has 0 aromatic rings. The van der Waals surface area contributed by atoms with Crippen LogP contribution in [-0.4, -0.2) is 25.0 Å². The normalized spacial score (nSPS) is 13.7. The van der Waals surface area contributed by atoms with Crippen LogP contribution in [0.1, 0.15) is 39.0 Å². The molecular formula is C10H19F2NO2. The highest BCUT2D eigenvalue weighted by atomic mass is 19.3. The van der Waals surface area contributed by atoms with E-state index in [2.05, 4.69) is 4.74 Å². The summed E-state index contributed by atoms with van der Waals surface area (Å²) in [6.45, 7) is 1.94. The third-order valence-corrected chi connectivity index (χ3v) is 2.17. The minimum atomic E-state index is -2.87. The highest BCUT2D eigenvalue weighted by Crippen LogP contribution is 2.26. The van der Waals surface area contributed by atoms with E-state index in [0.29, 0.717) is 6.42 Å². The number of unbranched alkanes of at least 4 members (excludes halogenated alkanes) is 2. The van der Waals surface area contributed by atoms with E-state index in [4.69, 9.17) is 5.73 Å². The van der Waals surface area contributed by atoms with Crippen molar-refractivity contribution < 1.29 is 18.3 Å². The Morgan fingerprint density at radius 1 is 1.47 bits per heavy atom. The first-order valence-corrected chi connectivity index (χ1v) is 5.14. The maximum Gasteiger partial charge on any atom is 0.322 e. The van der Waals surface area contributed by atoms with E-state index < -0.39 is 24.4 Å². The lowest BCUT2D eigenvalue weighted by atomic mass is 10.0. The van der Waals surface area contributed by atoms with Crippen molar-refractivity contribution in [3.05, 3.63) is 0 Å². The van der Waals surface area contributed by atoms with Gasteiger partial charge in [0, 0.05) is 12.8 Å². The van der Waals surface area contributed by atoms with Crippen molar-refractivity contribution in [1.29, 1.82) is 0 Å². The van der Waals surface area contributed by atoms with E-state index >= 15 is 0 Å². The summed E-state index contributed by atoms with van der Waals surface area (Å²) in [5.74, 6) is -3.66. The van der Waals surface area contributed by atoms with Crippen LogP contribution >= 0.6 is 0 Å². The number of carbonyl (C=O) groups is 1. The molecule has 90 valence electrons. The molecule has 0 bridgehead atoms. The standard InChI is InChI=1S/C10H19F2NO2/c1-3-4-5-6-10(11,12)7-8(13)9(14)15-2/h8H,3-7,13H2,1-2H3/t8-/m0/s1. The Labute approximate surface area is 89.0 Å². The zero-order chi connectivity index (χ0) is 11.9. The van der Waals surface area contributed by atoms with Gasteiger partial charge in [-0.25, -0.2) is 8.78 Å². The number of hydrogen-bond acceptors (Lipinski definition) is 3. The molecule has 0 aliphatic carbocycles. The van der Waals surface area contributed by atoms with Gasteiger partial charge in [-0.15, -0.1) is 0 Å². The van der Waals surface area contributed by atoms with Crippen molar-refractivity contribution in [3.63, 3.8) is 0 Å². The SMILES string of the molecule is CCCCCC(F)(F)C[C@H](N)C(=O)OC. The summed E-state index contributed by atoms with van der Waals surface area (Å²) in [5, 5.41) is 0. The van der Waals surface area contributed by atoms with Crippen LogP contribution in [0.3, 0.4) is 0 Å². The number of hydrogen-bond donors (Lipinski definition) is 1. The molecule has 0 saturated carbocycles. The van der Waals surface area contributed by atoms with E-state index in [1.807, 2.05) is 6.92 Å². The molecule has 1 atom stereocenters. The number of esters is 1. The molecule has 15 heavy (non-hydrogen) atoms. The predicted octanol–water partition coefficient (Wildman–Crippen LogP) is 2.09. The van der Waals surface area contributed by atoms with Crippen LogP contribution in [0.2, 0.25) is 0 Å². The predicted molar refractivity (Wildman–Crippen MR) is 53.7 cm³/mol. The number of halogens is 2. The molecule has 0 aliphatic rings. The smallest absolute Gasteiger partial charge is 0.322 e. The Bertz CT molecular complexity index is 198. The van der Waals surface area contributed by atoms with Gasteiger partial charge in [0.15, 0.2) is 0 Å². The van der Waals surface area contributed by atoms with Crippen molar-refractivity contribution in [3.8, 4) is 0 Å². The van der Waals surface area contributed by atoms with Crippen molar-refractivity contribution >= 4 is 5.97 Å². The molecule has 0 aromatic carbocycles. The summed E-state index contributed by atoms with van der Waals surface area (Å²) in [6, 6.07) is -1.23. The highest BCUT2D eigenvalue weighted by Gasteiger charge is 2.33. The molecule has 0 amide bonds. The zero-order valence-electron chi connectivity index (χ0n) is 9.26. The number of carbonyl (C=O) groups excluding carboxylic acids is 1. The Kier molecular flexibility index (Phi) is 6.40. The Morgan fingerprint density at radius 3 is 2.53 bits per heavy atom. The molecule has 0 unspecified atom stereocenters. The first-order valence-electron chi connectivity index (χ1n) is 5.14. The lowest BCUT2D eigenvalue weighted by Crippen LogP contribution is -2.37. The molecule has 3 nitrogen and oxygen atoms in total. The van der Waals surface area contributed by atoms with E-state index in [1.165, 1.54) is 0 Å². The number of rotatable bonds is 7. The van der Waals surface area contributed by atoms with Gasteiger partial charge in [-0.3, -0.25) is 4.79 Å². The van der Waals surface area contributed by atoms with Crippen LogP contribution in [0, 0.1) is 0 Å². The molecule has 2 N–H and O–H groups in total. The van der Waals surface area contributed by atoms with Gasteiger partial charge in [-0.2, -0.15) is 0 Å². The maximum absolute atomic E-state index is 13.2. The third kappa shape index (κ3) is 6.38. The van der Waals surface area contributed by atoms with Gasteiger partial charge >= 0.3 is 5.97 Å². The van der Waals surface area contributed by atoms with Crippen LogP contribution in [-0.2, 0) is 9.53 Å². The second kappa shape index (κ2) is 6.71. The number of nitrogens with two attached hydrogens (primary N) is 1. The van der Waals surface area contributed by atoms with Crippen molar-refractivity contribution in [1.82, 2.24) is 0 Å². The fraction of sp³-hybridized carbons (Fsp3) is 0.900. The molecular weight excluding hydrogens is 204 g/mol. The average molecular weight is 223 g/mol. The lowest BCUT2D eigenvalue weighted by Gasteiger charge is -2.19. The molecule has 0 fully saturated rings. The molecule has 0 spiro atoms. The monoisotopic (exact) mass is 223 g/mol. The van der Waals surface area contributed by atoms with Crippen molar-refractivity contribution in [2.75, 3.05) is 7.11 Å². The third-order valence-electron chi connectivity index (χ3n) is 2.17. The van der Waals surface area contributed by atoms with Crippen LogP contribution < -0.4 is 5.73 Å². The topological polar surface area (TPSA) is 52.3 Å². The fourth-order valence-electron chi connectivity index (χ4n) is 1.29. The van der Waals surface area contributed by atoms with Gasteiger partial charge in [-0.1, -0.05) is 19.8 Å². The molecule has 0 saturated heterocycles. The van der Waals surface area contributed by atoms with Gasteiger partial charge in [-0.05, 0) is 6.42 Å². The summed E-state index contributed by atoms with van der Waals surface area (Å²) >= 11 is 0. The van der Waals surface area contributed by atoms with E-state index in [1.54, 1.807) is 0 Å². The summed E-state index contributed by atoms with van der Waals surface area (Å²) in [4.78, 5) is 10.8. The average Bonchev–Trinajstić information content (AvgIpc) is 2.16. The number of alkyl halides is 2. The van der Waals surface area contributed by atoms with Gasteiger partial charge in [0.25, 0.3) is 0 Å². The highest BCUT2D eigenvalue weighted by molar-refractivity contribution is 5.75. The van der Waals surface area contributed by atoms with Gasteiger partial charge < -0.3 is 10.5 Å². The van der Waals surface area contributed by atoms with Crippen LogP contribution in [0.5, 0.6) is 0 Å². The summed E-state index contributed by atoms with van der Waals surface area (Å²) in [7, 11) is 1.14. The van der Waals surface area contributed by atoms with Gasteiger partial charge in [0.1, 0.15) is 6.04 Å². The first kappa shape index (κ1) is 14.3. The molecule has 0 aliphatic heterocycles. The minimum absolute atomic E-state index is 0.217. The number of methoxy groups -OCH3 is 1. The number of ether oxygens (including phenoxy) is 1. The summed E-state index contributed by atoms with van der Waals surface area (Å²) in [5.41, 5.74) is 5.26. The molecule has 0 aromatic heterocycles. The molecule has 5 heteroatoms. The van der Waals surface area contributed by atoms with Crippen molar-refractivity contribution in [2.45, 2.75) is 51.0 Å². The lowest BCUT2D eigenvalue weighted by molar-refractivity contribution is -0.145. The second-order valence-corrected chi connectivity index (χ2v) is 3.65. The Morgan fingerprint density at radius 2 is 2.07 bits per heavy atom. The van der Waals surface area contributed by atoms with E-state index in [-0.39, 0.29) is 6.42 Å². The zero-order valence-corrected chi connectivity index (χ0v) is 9.26. The quantitative estimate of drug-likeness (QED) is 0.531. The first-order chi connectivity index (χ1) is 6.93. The van der Waals surface area contributed by atoms with Crippen LogP contribution in [0.15, 0.2) is 0 Å². The van der Waals surface area contributed by atoms with Crippen LogP contribution in [0.4, 0.5) is 8.78 Å². The fourth-order valence-corrected chi connectivity index (χ4v) is 1.29. The van der Waals surface area contributed by atoms with Gasteiger partial charge in [0.2, 0.25) is 5.92 Å². The summed E-state index contributed by atoms with van der Waals surface area (Å²) < 4.78 is 30.7. The second-order valence-electron chi connectivity index (χ2n) is 3.65. The van der Waals surface area contributed by atoms with Gasteiger partial charge in [0.05, 0.1) is 7.11 Å². The van der Waals surface area contributed by atoms with Crippen LogP contribution in [0.25, 0.3) is 0 Å². The van der Waals surface area contributed by atoms with E-state index in [0.717, 1.165) is 20.0 Å². The summed E-state index contributed by atoms with van der Waals surface area (Å²) in [6.07, 6.45) is 1.26. The largest absolute Gasteiger partial charge is 0.468 e. The Hall–Kier alpha value is -0.710. The minimum Gasteiger partial charge on any atom is -0.468 e. The molecule has 0 rings (SSSR count). The van der Waals surface area contributed by atoms with E-state index in [9.17, 15) is 13.6 Å². The maximum atomic E-state index is 13.2. The molecule has 0 radical (unpaired) electrons. The van der Waals surface area contributed by atoms with Crippen molar-refractivity contribution in [2.24, 2.45) is 5.73 Å².